The number of hydrogen-bond donors (Lipinski definition) is 1. The molecule has 0 aliphatic rings. The van der Waals surface area contributed by atoms with Crippen LogP contribution < -0.4 is 5.56 Å². The van der Waals surface area contributed by atoms with Gasteiger partial charge < -0.3 is 4.57 Å². The summed E-state index contributed by atoms with van der Waals surface area (Å²) in [7, 11) is 0. The normalized spacial score (nSPS) is 11.5. The fourth-order valence-electron chi connectivity index (χ4n) is 1.61. The van der Waals surface area contributed by atoms with E-state index < -0.39 is 11.7 Å². The number of H-pyrrole nitrogens is 1. The van der Waals surface area contributed by atoms with Gasteiger partial charge >= 0.3 is 6.18 Å². The van der Waals surface area contributed by atoms with Crippen LogP contribution in [0.2, 0.25) is 0 Å². The number of hydrogen-bond acceptors (Lipinski definition) is 2. The van der Waals surface area contributed by atoms with Crippen LogP contribution in [-0.4, -0.2) is 9.55 Å². The Morgan fingerprint density at radius 2 is 2.00 bits per heavy atom. The molecule has 1 N–H and O–H groups in total. The standard InChI is InChI=1S/C12H9F3N2OS/c13-12(14,15)9-3-1-2-8(6-9)7-17-5-4-10(18)16-11(17)19/h1-6H,7H2,(H,16,18,19). The molecule has 0 bridgehead atoms. The number of nitrogens with zero attached hydrogens (tertiary/aromatic N) is 1. The minimum atomic E-state index is -4.37. The second-order valence-electron chi connectivity index (χ2n) is 3.94. The summed E-state index contributed by atoms with van der Waals surface area (Å²) in [6.45, 7) is 0.166. The van der Waals surface area contributed by atoms with Gasteiger partial charge in [0.1, 0.15) is 0 Å². The molecule has 2 rings (SSSR count). The molecule has 100 valence electrons. The van der Waals surface area contributed by atoms with Gasteiger partial charge in [0.25, 0.3) is 5.56 Å². The van der Waals surface area contributed by atoms with Crippen LogP contribution in [0.3, 0.4) is 0 Å². The highest BCUT2D eigenvalue weighted by Crippen LogP contribution is 2.29. The molecule has 2 aromatic rings. The van der Waals surface area contributed by atoms with E-state index in [1.54, 1.807) is 6.07 Å². The van der Waals surface area contributed by atoms with Gasteiger partial charge in [0.05, 0.1) is 5.56 Å². The highest BCUT2D eigenvalue weighted by molar-refractivity contribution is 7.71. The number of nitrogens with one attached hydrogen (secondary N) is 1. The van der Waals surface area contributed by atoms with Crippen molar-refractivity contribution in [1.29, 1.82) is 0 Å². The molecule has 0 atom stereocenters. The molecule has 0 radical (unpaired) electrons. The van der Waals surface area contributed by atoms with Gasteiger partial charge in [0.15, 0.2) is 4.77 Å². The van der Waals surface area contributed by atoms with Crippen LogP contribution in [0.1, 0.15) is 11.1 Å². The maximum absolute atomic E-state index is 12.6. The van der Waals surface area contributed by atoms with Crippen molar-refractivity contribution < 1.29 is 13.2 Å². The predicted octanol–water partition coefficient (Wildman–Crippen LogP) is 2.97. The molecule has 7 heteroatoms. The third-order valence-electron chi connectivity index (χ3n) is 2.50. The van der Waals surface area contributed by atoms with Crippen LogP contribution in [0.25, 0.3) is 0 Å². The number of aromatic amines is 1. The lowest BCUT2D eigenvalue weighted by molar-refractivity contribution is -0.137. The zero-order valence-corrected chi connectivity index (χ0v) is 10.4. The Hall–Kier alpha value is -1.89. The van der Waals surface area contributed by atoms with Crippen molar-refractivity contribution in [2.75, 3.05) is 0 Å². The second kappa shape index (κ2) is 5.00. The first-order chi connectivity index (χ1) is 8.86. The number of halogens is 3. The zero-order chi connectivity index (χ0) is 14.0. The van der Waals surface area contributed by atoms with Crippen molar-refractivity contribution in [3.63, 3.8) is 0 Å². The average molecular weight is 286 g/mol. The quantitative estimate of drug-likeness (QED) is 0.862. The number of aromatic nitrogens is 2. The van der Waals surface area contributed by atoms with Gasteiger partial charge in [-0.25, -0.2) is 0 Å². The van der Waals surface area contributed by atoms with Crippen LogP contribution in [0, 0.1) is 4.77 Å². The Bertz CT molecular complexity index is 703. The van der Waals surface area contributed by atoms with Crippen LogP contribution >= 0.6 is 12.2 Å². The predicted molar refractivity (Wildman–Crippen MR) is 66.4 cm³/mol. The second-order valence-corrected chi connectivity index (χ2v) is 4.32. The summed E-state index contributed by atoms with van der Waals surface area (Å²) in [5, 5.41) is 0. The van der Waals surface area contributed by atoms with E-state index in [0.717, 1.165) is 12.1 Å². The fraction of sp³-hybridized carbons (Fsp3) is 0.167. The van der Waals surface area contributed by atoms with Crippen LogP contribution in [-0.2, 0) is 12.7 Å². The fourth-order valence-corrected chi connectivity index (χ4v) is 1.84. The molecule has 0 spiro atoms. The molecule has 0 unspecified atom stereocenters. The molecule has 0 amide bonds. The van der Waals surface area contributed by atoms with E-state index in [1.807, 2.05) is 0 Å². The Morgan fingerprint density at radius 3 is 2.63 bits per heavy atom. The molecule has 0 aliphatic heterocycles. The number of rotatable bonds is 2. The maximum atomic E-state index is 12.6. The van der Waals surface area contributed by atoms with Crippen molar-refractivity contribution in [3.05, 3.63) is 62.8 Å². The van der Waals surface area contributed by atoms with Crippen LogP contribution in [0.4, 0.5) is 13.2 Å². The lowest BCUT2D eigenvalue weighted by Gasteiger charge is -2.10. The first-order valence-corrected chi connectivity index (χ1v) is 5.73. The molecule has 19 heavy (non-hydrogen) atoms. The highest BCUT2D eigenvalue weighted by atomic mass is 32.1. The van der Waals surface area contributed by atoms with Gasteiger partial charge in [0, 0.05) is 18.8 Å². The third-order valence-corrected chi connectivity index (χ3v) is 2.84. The van der Waals surface area contributed by atoms with Crippen molar-refractivity contribution in [1.82, 2.24) is 9.55 Å². The van der Waals surface area contributed by atoms with Gasteiger partial charge in [-0.1, -0.05) is 12.1 Å². The summed E-state index contributed by atoms with van der Waals surface area (Å²) in [4.78, 5) is 13.4. The van der Waals surface area contributed by atoms with Crippen molar-refractivity contribution in [3.8, 4) is 0 Å². The Labute approximate surface area is 111 Å². The average Bonchev–Trinajstić information content (AvgIpc) is 2.32. The molecule has 0 aliphatic carbocycles. The van der Waals surface area contributed by atoms with E-state index in [2.05, 4.69) is 4.98 Å². The molecular weight excluding hydrogens is 277 g/mol. The first kappa shape index (κ1) is 13.5. The maximum Gasteiger partial charge on any atom is 0.416 e. The zero-order valence-electron chi connectivity index (χ0n) is 9.57. The minimum absolute atomic E-state index is 0.166. The molecule has 3 nitrogen and oxygen atoms in total. The van der Waals surface area contributed by atoms with E-state index in [1.165, 1.54) is 22.9 Å². The summed E-state index contributed by atoms with van der Waals surface area (Å²) in [5.41, 5.74) is -0.593. The van der Waals surface area contributed by atoms with Crippen molar-refractivity contribution >= 4 is 12.2 Å². The number of alkyl halides is 3. The van der Waals surface area contributed by atoms with Gasteiger partial charge in [-0.2, -0.15) is 13.2 Å². The summed E-state index contributed by atoms with van der Waals surface area (Å²) in [6, 6.07) is 6.25. The molecule has 1 aromatic carbocycles. The Balaban J connectivity index is 2.34. The monoisotopic (exact) mass is 286 g/mol. The van der Waals surface area contributed by atoms with Crippen molar-refractivity contribution in [2.24, 2.45) is 0 Å². The SMILES string of the molecule is O=c1ccn(Cc2cccc(C(F)(F)F)c2)c(=S)[nH]1. The lowest BCUT2D eigenvalue weighted by atomic mass is 10.1. The third kappa shape index (κ3) is 3.31. The molecule has 0 saturated heterocycles. The van der Waals surface area contributed by atoms with Crippen LogP contribution in [0.5, 0.6) is 0 Å². The van der Waals surface area contributed by atoms with E-state index in [4.69, 9.17) is 12.2 Å². The molecular formula is C12H9F3N2OS. The van der Waals surface area contributed by atoms with Crippen molar-refractivity contribution in [2.45, 2.75) is 12.7 Å². The first-order valence-electron chi connectivity index (χ1n) is 5.32. The van der Waals surface area contributed by atoms with E-state index in [0.29, 0.717) is 5.56 Å². The van der Waals surface area contributed by atoms with Gasteiger partial charge in [-0.05, 0) is 29.9 Å². The summed E-state index contributed by atoms with van der Waals surface area (Å²) >= 11 is 4.93. The number of benzene rings is 1. The highest BCUT2D eigenvalue weighted by Gasteiger charge is 2.30. The largest absolute Gasteiger partial charge is 0.416 e. The Morgan fingerprint density at radius 1 is 1.26 bits per heavy atom. The van der Waals surface area contributed by atoms with Gasteiger partial charge in [-0.15, -0.1) is 0 Å². The molecule has 0 saturated carbocycles. The van der Waals surface area contributed by atoms with Crippen LogP contribution in [0.15, 0.2) is 41.3 Å². The van der Waals surface area contributed by atoms with E-state index >= 15 is 0 Å². The summed E-state index contributed by atoms with van der Waals surface area (Å²) in [6.07, 6.45) is -2.93. The minimum Gasteiger partial charge on any atom is -0.321 e. The smallest absolute Gasteiger partial charge is 0.321 e. The molecule has 0 fully saturated rings. The van der Waals surface area contributed by atoms with E-state index in [-0.39, 0.29) is 16.9 Å². The summed E-state index contributed by atoms with van der Waals surface area (Å²) in [5.74, 6) is 0. The van der Waals surface area contributed by atoms with Gasteiger partial charge in [0.2, 0.25) is 0 Å². The van der Waals surface area contributed by atoms with E-state index in [9.17, 15) is 18.0 Å². The lowest BCUT2D eigenvalue weighted by Crippen LogP contribution is -2.12. The Kier molecular flexibility index (Phi) is 3.57. The van der Waals surface area contributed by atoms with Gasteiger partial charge in [-0.3, -0.25) is 9.78 Å². The molecule has 1 heterocycles. The molecule has 1 aromatic heterocycles. The topological polar surface area (TPSA) is 37.8 Å². The summed E-state index contributed by atoms with van der Waals surface area (Å²) < 4.78 is 39.4.